The first kappa shape index (κ1) is 10.6. The van der Waals surface area contributed by atoms with Gasteiger partial charge in [0.1, 0.15) is 17.3 Å². The maximum Gasteiger partial charge on any atom is 0.134 e. The zero-order chi connectivity index (χ0) is 10.8. The Hall–Kier alpha value is -0.870. The van der Waals surface area contributed by atoms with Gasteiger partial charge in [-0.2, -0.15) is 0 Å². The molecular weight excluding hydrogens is 214 g/mol. The first-order chi connectivity index (χ1) is 7.16. The summed E-state index contributed by atoms with van der Waals surface area (Å²) < 4.78 is 0. The van der Waals surface area contributed by atoms with Crippen LogP contribution in [0.2, 0.25) is 5.15 Å². The molecule has 0 unspecified atom stereocenters. The average Bonchev–Trinajstić information content (AvgIpc) is 2.22. The lowest BCUT2D eigenvalue weighted by Crippen LogP contribution is -2.42. The second-order valence-corrected chi connectivity index (χ2v) is 4.37. The molecule has 1 saturated heterocycles. The van der Waals surface area contributed by atoms with Crippen LogP contribution in [-0.4, -0.2) is 34.3 Å². The Kier molecular flexibility index (Phi) is 3.07. The van der Waals surface area contributed by atoms with Gasteiger partial charge in [-0.15, -0.1) is 0 Å². The molecule has 82 valence electrons. The normalized spacial score (nSPS) is 26.7. The van der Waals surface area contributed by atoms with Gasteiger partial charge in [0.25, 0.3) is 0 Å². The molecule has 5 heteroatoms. The van der Waals surface area contributed by atoms with Gasteiger partial charge in [-0.25, -0.2) is 9.97 Å². The van der Waals surface area contributed by atoms with Crippen LogP contribution >= 0.6 is 11.6 Å². The molecule has 0 aromatic carbocycles. The van der Waals surface area contributed by atoms with E-state index in [9.17, 15) is 5.11 Å². The van der Waals surface area contributed by atoms with Crippen molar-refractivity contribution in [3.8, 4) is 0 Å². The van der Waals surface area contributed by atoms with Crippen molar-refractivity contribution in [1.29, 1.82) is 0 Å². The number of aromatic nitrogens is 2. The van der Waals surface area contributed by atoms with Crippen molar-refractivity contribution in [1.82, 2.24) is 9.97 Å². The molecule has 0 saturated carbocycles. The molecule has 1 aliphatic rings. The summed E-state index contributed by atoms with van der Waals surface area (Å²) in [5.41, 5.74) is 0. The molecule has 2 atom stereocenters. The van der Waals surface area contributed by atoms with E-state index in [0.717, 1.165) is 25.3 Å². The van der Waals surface area contributed by atoms with Crippen LogP contribution in [0, 0.1) is 5.92 Å². The molecule has 0 bridgehead atoms. The number of nitrogens with zero attached hydrogens (tertiary/aromatic N) is 3. The molecule has 1 fully saturated rings. The van der Waals surface area contributed by atoms with Gasteiger partial charge in [-0.3, -0.25) is 0 Å². The van der Waals surface area contributed by atoms with E-state index in [4.69, 9.17) is 11.6 Å². The van der Waals surface area contributed by atoms with E-state index in [1.165, 1.54) is 6.33 Å². The van der Waals surface area contributed by atoms with Gasteiger partial charge in [0.15, 0.2) is 0 Å². The smallest absolute Gasteiger partial charge is 0.134 e. The maximum absolute atomic E-state index is 9.61. The van der Waals surface area contributed by atoms with Gasteiger partial charge < -0.3 is 10.0 Å². The molecule has 1 aliphatic heterocycles. The average molecular weight is 228 g/mol. The molecule has 1 aromatic heterocycles. The third-order valence-corrected chi connectivity index (χ3v) is 3.01. The summed E-state index contributed by atoms with van der Waals surface area (Å²) in [7, 11) is 0. The quantitative estimate of drug-likeness (QED) is 0.736. The van der Waals surface area contributed by atoms with E-state index in [1.54, 1.807) is 6.07 Å². The molecule has 15 heavy (non-hydrogen) atoms. The van der Waals surface area contributed by atoms with Gasteiger partial charge in [0.2, 0.25) is 0 Å². The Bertz CT molecular complexity index is 347. The Morgan fingerprint density at radius 1 is 1.53 bits per heavy atom. The highest BCUT2D eigenvalue weighted by molar-refractivity contribution is 6.29. The van der Waals surface area contributed by atoms with Gasteiger partial charge in [0.05, 0.1) is 6.10 Å². The predicted molar refractivity (Wildman–Crippen MR) is 59.0 cm³/mol. The van der Waals surface area contributed by atoms with Crippen LogP contribution in [0.15, 0.2) is 12.4 Å². The number of hydrogen-bond donors (Lipinski definition) is 1. The summed E-state index contributed by atoms with van der Waals surface area (Å²) in [4.78, 5) is 10.1. The van der Waals surface area contributed by atoms with E-state index in [2.05, 4.69) is 14.9 Å². The number of anilines is 1. The molecule has 0 radical (unpaired) electrons. The van der Waals surface area contributed by atoms with Crippen molar-refractivity contribution >= 4 is 17.4 Å². The second kappa shape index (κ2) is 4.33. The van der Waals surface area contributed by atoms with Crippen LogP contribution in [0.3, 0.4) is 0 Å². The minimum atomic E-state index is -0.196. The van der Waals surface area contributed by atoms with Crippen molar-refractivity contribution in [3.63, 3.8) is 0 Å². The standard InChI is InChI=1S/C10H14ClN3O/c1-7-5-14(3-2-8(7)15)10-4-9(11)12-6-13-10/h4,6-8,15H,2-3,5H2,1H3/t7-,8+/m1/s1. The largest absolute Gasteiger partial charge is 0.393 e. The number of hydrogen-bond acceptors (Lipinski definition) is 4. The molecule has 1 aromatic rings. The van der Waals surface area contributed by atoms with Crippen LogP contribution in [0.25, 0.3) is 0 Å². The van der Waals surface area contributed by atoms with E-state index in [1.807, 2.05) is 6.92 Å². The van der Waals surface area contributed by atoms with Crippen molar-refractivity contribution in [3.05, 3.63) is 17.5 Å². The summed E-state index contributed by atoms with van der Waals surface area (Å²) in [6.45, 7) is 3.67. The highest BCUT2D eigenvalue weighted by atomic mass is 35.5. The summed E-state index contributed by atoms with van der Waals surface area (Å²) in [6.07, 6.45) is 2.05. The fraction of sp³-hybridized carbons (Fsp3) is 0.600. The monoisotopic (exact) mass is 227 g/mol. The summed E-state index contributed by atoms with van der Waals surface area (Å²) in [6, 6.07) is 1.76. The number of halogens is 1. The Labute approximate surface area is 93.9 Å². The van der Waals surface area contributed by atoms with Gasteiger partial charge in [-0.1, -0.05) is 18.5 Å². The Morgan fingerprint density at radius 2 is 2.33 bits per heavy atom. The van der Waals surface area contributed by atoms with E-state index >= 15 is 0 Å². The van der Waals surface area contributed by atoms with Crippen LogP contribution < -0.4 is 4.90 Å². The van der Waals surface area contributed by atoms with Gasteiger partial charge in [0, 0.05) is 19.2 Å². The van der Waals surface area contributed by atoms with Gasteiger partial charge in [-0.05, 0) is 12.3 Å². The third kappa shape index (κ3) is 2.38. The minimum Gasteiger partial charge on any atom is -0.393 e. The van der Waals surface area contributed by atoms with Crippen LogP contribution in [0.4, 0.5) is 5.82 Å². The van der Waals surface area contributed by atoms with E-state index < -0.39 is 0 Å². The lowest BCUT2D eigenvalue weighted by atomic mass is 9.97. The van der Waals surface area contributed by atoms with Crippen LogP contribution in [-0.2, 0) is 0 Å². The van der Waals surface area contributed by atoms with E-state index in [0.29, 0.717) is 5.15 Å². The molecule has 2 rings (SSSR count). The molecular formula is C10H14ClN3O. The number of aliphatic hydroxyl groups is 1. The zero-order valence-corrected chi connectivity index (χ0v) is 9.35. The second-order valence-electron chi connectivity index (χ2n) is 3.98. The minimum absolute atomic E-state index is 0.196. The molecule has 0 amide bonds. The number of piperidine rings is 1. The van der Waals surface area contributed by atoms with Crippen molar-refractivity contribution < 1.29 is 5.11 Å². The highest BCUT2D eigenvalue weighted by Crippen LogP contribution is 2.22. The van der Waals surface area contributed by atoms with Crippen molar-refractivity contribution in [2.24, 2.45) is 5.92 Å². The maximum atomic E-state index is 9.61. The summed E-state index contributed by atoms with van der Waals surface area (Å²) in [5, 5.41) is 10.1. The zero-order valence-electron chi connectivity index (χ0n) is 8.60. The molecule has 0 spiro atoms. The molecule has 1 N–H and O–H groups in total. The van der Waals surface area contributed by atoms with Crippen molar-refractivity contribution in [2.75, 3.05) is 18.0 Å². The highest BCUT2D eigenvalue weighted by Gasteiger charge is 2.24. The first-order valence-corrected chi connectivity index (χ1v) is 5.45. The number of aliphatic hydroxyl groups excluding tert-OH is 1. The summed E-state index contributed by atoms with van der Waals surface area (Å²) in [5.74, 6) is 1.11. The molecule has 0 aliphatic carbocycles. The number of rotatable bonds is 1. The third-order valence-electron chi connectivity index (χ3n) is 2.80. The Morgan fingerprint density at radius 3 is 3.00 bits per heavy atom. The van der Waals surface area contributed by atoms with Crippen LogP contribution in [0.5, 0.6) is 0 Å². The Balaban J connectivity index is 2.12. The topological polar surface area (TPSA) is 49.2 Å². The van der Waals surface area contributed by atoms with Crippen LogP contribution in [0.1, 0.15) is 13.3 Å². The molecule has 4 nitrogen and oxygen atoms in total. The first-order valence-electron chi connectivity index (χ1n) is 5.07. The van der Waals surface area contributed by atoms with Crippen molar-refractivity contribution in [2.45, 2.75) is 19.4 Å². The lowest BCUT2D eigenvalue weighted by molar-refractivity contribution is 0.0969. The van der Waals surface area contributed by atoms with Gasteiger partial charge >= 0.3 is 0 Å². The fourth-order valence-electron chi connectivity index (χ4n) is 1.84. The molecule has 2 heterocycles. The lowest BCUT2D eigenvalue weighted by Gasteiger charge is -2.35. The fourth-order valence-corrected chi connectivity index (χ4v) is 1.98. The van der Waals surface area contributed by atoms with E-state index in [-0.39, 0.29) is 12.0 Å². The predicted octanol–water partition coefficient (Wildman–Crippen LogP) is 1.34. The summed E-state index contributed by atoms with van der Waals surface area (Å²) >= 11 is 5.80. The SMILES string of the molecule is C[C@@H]1CN(c2cc(Cl)ncn2)CC[C@@H]1O.